The molecule has 1 heterocycles. The molecule has 2 N–H and O–H groups in total. The molecule has 0 saturated heterocycles. The van der Waals surface area contributed by atoms with Crippen molar-refractivity contribution in [2.75, 3.05) is 19.5 Å². The van der Waals surface area contributed by atoms with E-state index in [1.54, 1.807) is 0 Å². The number of likely N-dealkylation sites (N-methyl/N-ethyl adjacent to an activating group) is 1. The number of hydrogen-bond acceptors (Lipinski definition) is 4. The molecular formula is C14H18N2O3. The Labute approximate surface area is 112 Å². The normalized spacial score (nSPS) is 14.7. The summed E-state index contributed by atoms with van der Waals surface area (Å²) in [6, 6.07) is 5.96. The van der Waals surface area contributed by atoms with Gasteiger partial charge in [0.1, 0.15) is 0 Å². The zero-order valence-electron chi connectivity index (χ0n) is 11.2. The van der Waals surface area contributed by atoms with Gasteiger partial charge >= 0.3 is 5.97 Å². The van der Waals surface area contributed by atoms with E-state index in [9.17, 15) is 9.59 Å². The quantitative estimate of drug-likeness (QED) is 0.773. The van der Waals surface area contributed by atoms with Gasteiger partial charge in [0.2, 0.25) is 5.91 Å². The zero-order chi connectivity index (χ0) is 13.8. The lowest BCUT2D eigenvalue weighted by atomic mass is 10.0. The summed E-state index contributed by atoms with van der Waals surface area (Å²) in [6.07, 6.45) is 1.50. The van der Waals surface area contributed by atoms with Crippen LogP contribution in [-0.2, 0) is 27.2 Å². The first-order valence-corrected chi connectivity index (χ1v) is 6.28. The number of rotatable bonds is 5. The van der Waals surface area contributed by atoms with E-state index in [1.165, 1.54) is 7.11 Å². The standard InChI is InChI=1S/C14H18N2O3/c1-15-11(8-14(18)19-2)6-9-3-4-12-10(5-9)7-13(17)16-12/h3-5,11,15H,6-8H2,1-2H3,(H,16,17). The fourth-order valence-corrected chi connectivity index (χ4v) is 2.25. The Bertz CT molecular complexity index is 499. The molecule has 0 saturated carbocycles. The van der Waals surface area contributed by atoms with Crippen molar-refractivity contribution >= 4 is 17.6 Å². The van der Waals surface area contributed by atoms with Crippen LogP contribution < -0.4 is 10.6 Å². The van der Waals surface area contributed by atoms with Crippen molar-refractivity contribution in [2.24, 2.45) is 0 Å². The second-order valence-corrected chi connectivity index (χ2v) is 4.69. The van der Waals surface area contributed by atoms with Gasteiger partial charge < -0.3 is 15.4 Å². The second kappa shape index (κ2) is 5.84. The van der Waals surface area contributed by atoms with Gasteiger partial charge in [0.05, 0.1) is 20.0 Å². The third kappa shape index (κ3) is 3.32. The van der Waals surface area contributed by atoms with E-state index >= 15 is 0 Å². The molecule has 0 aliphatic carbocycles. The maximum absolute atomic E-state index is 11.3. The maximum atomic E-state index is 11.3. The maximum Gasteiger partial charge on any atom is 0.307 e. The minimum Gasteiger partial charge on any atom is -0.469 e. The Morgan fingerprint density at radius 2 is 2.32 bits per heavy atom. The van der Waals surface area contributed by atoms with Crippen LogP contribution in [0.15, 0.2) is 18.2 Å². The molecule has 5 heteroatoms. The van der Waals surface area contributed by atoms with E-state index < -0.39 is 0 Å². The van der Waals surface area contributed by atoms with Crippen LogP contribution in [0.2, 0.25) is 0 Å². The zero-order valence-corrected chi connectivity index (χ0v) is 11.2. The molecule has 19 heavy (non-hydrogen) atoms. The third-order valence-corrected chi connectivity index (χ3v) is 3.33. The highest BCUT2D eigenvalue weighted by atomic mass is 16.5. The van der Waals surface area contributed by atoms with E-state index in [-0.39, 0.29) is 17.9 Å². The smallest absolute Gasteiger partial charge is 0.307 e. The van der Waals surface area contributed by atoms with Crippen LogP contribution in [-0.4, -0.2) is 32.1 Å². The highest BCUT2D eigenvalue weighted by Gasteiger charge is 2.19. The molecule has 102 valence electrons. The van der Waals surface area contributed by atoms with E-state index in [0.717, 1.165) is 23.2 Å². The SMILES string of the molecule is CNC(CC(=O)OC)Cc1ccc2c(c1)CC(=O)N2. The lowest BCUT2D eigenvalue weighted by Crippen LogP contribution is -2.30. The first kappa shape index (κ1) is 13.5. The molecule has 0 spiro atoms. The Morgan fingerprint density at radius 1 is 1.53 bits per heavy atom. The molecule has 0 bridgehead atoms. The Balaban J connectivity index is 2.04. The van der Waals surface area contributed by atoms with Crippen LogP contribution in [0.3, 0.4) is 0 Å². The van der Waals surface area contributed by atoms with Gasteiger partial charge in [-0.25, -0.2) is 0 Å². The number of fused-ring (bicyclic) bond motifs is 1. The number of carbonyl (C=O) groups is 2. The molecule has 5 nitrogen and oxygen atoms in total. The van der Waals surface area contributed by atoms with Crippen LogP contribution in [0.4, 0.5) is 5.69 Å². The average Bonchev–Trinajstić information content (AvgIpc) is 2.77. The highest BCUT2D eigenvalue weighted by Crippen LogP contribution is 2.24. The minimum absolute atomic E-state index is 0.0341. The minimum atomic E-state index is -0.225. The first-order chi connectivity index (χ1) is 9.12. The van der Waals surface area contributed by atoms with Crippen molar-refractivity contribution < 1.29 is 14.3 Å². The van der Waals surface area contributed by atoms with Crippen molar-refractivity contribution in [1.82, 2.24) is 5.32 Å². The number of methoxy groups -OCH3 is 1. The number of hydrogen-bond donors (Lipinski definition) is 2. The van der Waals surface area contributed by atoms with Crippen LogP contribution in [0, 0.1) is 0 Å². The molecule has 0 aromatic heterocycles. The lowest BCUT2D eigenvalue weighted by molar-refractivity contribution is -0.141. The van der Waals surface area contributed by atoms with Crippen LogP contribution in [0.1, 0.15) is 17.5 Å². The number of anilines is 1. The topological polar surface area (TPSA) is 67.4 Å². The average molecular weight is 262 g/mol. The summed E-state index contributed by atoms with van der Waals surface area (Å²) in [5.41, 5.74) is 3.02. The highest BCUT2D eigenvalue weighted by molar-refractivity contribution is 5.99. The number of benzene rings is 1. The summed E-state index contributed by atoms with van der Waals surface area (Å²) >= 11 is 0. The summed E-state index contributed by atoms with van der Waals surface area (Å²) in [4.78, 5) is 22.6. The first-order valence-electron chi connectivity index (χ1n) is 6.28. The van der Waals surface area contributed by atoms with Crippen molar-refractivity contribution in [2.45, 2.75) is 25.3 Å². The fraction of sp³-hybridized carbons (Fsp3) is 0.429. The van der Waals surface area contributed by atoms with Gasteiger partial charge in [-0.1, -0.05) is 12.1 Å². The summed E-state index contributed by atoms with van der Waals surface area (Å²) in [7, 11) is 3.22. The molecule has 1 atom stereocenters. The van der Waals surface area contributed by atoms with Gasteiger partial charge in [0.15, 0.2) is 0 Å². The molecule has 1 aliphatic rings. The summed E-state index contributed by atoms with van der Waals surface area (Å²) in [5.74, 6) is -0.191. The van der Waals surface area contributed by atoms with E-state index in [1.807, 2.05) is 25.2 Å². The molecule has 2 rings (SSSR count). The van der Waals surface area contributed by atoms with E-state index in [0.29, 0.717) is 12.8 Å². The molecule has 1 aromatic carbocycles. The third-order valence-electron chi connectivity index (χ3n) is 3.33. The van der Waals surface area contributed by atoms with Crippen molar-refractivity contribution in [1.29, 1.82) is 0 Å². The number of esters is 1. The Kier molecular flexibility index (Phi) is 4.16. The number of amides is 1. The molecule has 0 fully saturated rings. The number of ether oxygens (including phenoxy) is 1. The van der Waals surface area contributed by atoms with E-state index in [4.69, 9.17) is 0 Å². The van der Waals surface area contributed by atoms with Crippen LogP contribution >= 0.6 is 0 Å². The molecule has 0 radical (unpaired) electrons. The van der Waals surface area contributed by atoms with Gasteiger partial charge in [0, 0.05) is 11.7 Å². The number of nitrogens with one attached hydrogen (secondary N) is 2. The predicted molar refractivity (Wildman–Crippen MR) is 72.0 cm³/mol. The number of carbonyl (C=O) groups excluding carboxylic acids is 2. The van der Waals surface area contributed by atoms with Gasteiger partial charge in [-0.05, 0) is 30.7 Å². The second-order valence-electron chi connectivity index (χ2n) is 4.69. The van der Waals surface area contributed by atoms with E-state index in [2.05, 4.69) is 15.4 Å². The van der Waals surface area contributed by atoms with Crippen molar-refractivity contribution in [3.8, 4) is 0 Å². The van der Waals surface area contributed by atoms with Gasteiger partial charge in [-0.2, -0.15) is 0 Å². The molecular weight excluding hydrogens is 244 g/mol. The fourth-order valence-electron chi connectivity index (χ4n) is 2.25. The van der Waals surface area contributed by atoms with Crippen molar-refractivity contribution in [3.63, 3.8) is 0 Å². The monoisotopic (exact) mass is 262 g/mol. The predicted octanol–water partition coefficient (Wildman–Crippen LogP) is 0.875. The molecule has 1 aliphatic heterocycles. The summed E-state index contributed by atoms with van der Waals surface area (Å²) in [6.45, 7) is 0. The summed E-state index contributed by atoms with van der Waals surface area (Å²) in [5, 5.41) is 5.91. The van der Waals surface area contributed by atoms with Crippen LogP contribution in [0.25, 0.3) is 0 Å². The van der Waals surface area contributed by atoms with Gasteiger partial charge in [0.25, 0.3) is 0 Å². The summed E-state index contributed by atoms with van der Waals surface area (Å²) < 4.78 is 4.67. The van der Waals surface area contributed by atoms with Gasteiger partial charge in [-0.15, -0.1) is 0 Å². The lowest BCUT2D eigenvalue weighted by Gasteiger charge is -2.15. The van der Waals surface area contributed by atoms with Gasteiger partial charge in [-0.3, -0.25) is 9.59 Å². The molecule has 1 aromatic rings. The Hall–Kier alpha value is -1.88. The molecule has 1 unspecified atom stereocenters. The van der Waals surface area contributed by atoms with Crippen molar-refractivity contribution in [3.05, 3.63) is 29.3 Å². The Morgan fingerprint density at radius 3 is 3.00 bits per heavy atom. The largest absolute Gasteiger partial charge is 0.469 e. The van der Waals surface area contributed by atoms with Crippen LogP contribution in [0.5, 0.6) is 0 Å². The molecule has 1 amide bonds.